The maximum absolute atomic E-state index is 13.9. The van der Waals surface area contributed by atoms with Crippen molar-refractivity contribution in [3.8, 4) is 22.6 Å². The van der Waals surface area contributed by atoms with Gasteiger partial charge in [-0.05, 0) is 49.1 Å². The summed E-state index contributed by atoms with van der Waals surface area (Å²) < 4.78 is 30.4. The number of halogens is 2. The summed E-state index contributed by atoms with van der Waals surface area (Å²) in [6, 6.07) is 23.8. The monoisotopic (exact) mass is 646 g/mol. The molecule has 3 aromatic heterocycles. The molecule has 6 nitrogen and oxygen atoms in total. The predicted molar refractivity (Wildman–Crippen MR) is 122 cm³/mol. The molecule has 0 aliphatic heterocycles. The van der Waals surface area contributed by atoms with Crippen LogP contribution < -0.4 is 0 Å². The van der Waals surface area contributed by atoms with E-state index in [1.54, 1.807) is 44.6 Å². The van der Waals surface area contributed by atoms with Gasteiger partial charge in [-0.2, -0.15) is 10.2 Å². The van der Waals surface area contributed by atoms with E-state index >= 15 is 0 Å². The van der Waals surface area contributed by atoms with Gasteiger partial charge < -0.3 is 16.8 Å². The van der Waals surface area contributed by atoms with Crippen LogP contribution in [0.5, 0.6) is 0 Å². The molecule has 5 aromatic rings. The minimum atomic E-state index is -0.724. The largest absolute Gasteiger partial charge is 3.00 e. The number of aryl methyl sites for hydroxylation is 2. The molecule has 9 heteroatoms. The van der Waals surface area contributed by atoms with Gasteiger partial charge in [-0.1, -0.05) is 18.2 Å². The molecule has 0 aliphatic carbocycles. The molecule has 0 N–H and O–H groups in total. The Bertz CT molecular complexity index is 1270. The third-order valence-electron chi connectivity index (χ3n) is 4.50. The predicted octanol–water partition coefficient (Wildman–Crippen LogP) is 5.40. The Morgan fingerprint density at radius 3 is 1.83 bits per heavy atom. The molecule has 3 heterocycles. The van der Waals surface area contributed by atoms with Gasteiger partial charge in [0.05, 0.1) is 11.4 Å². The number of rotatable bonds is 3. The summed E-state index contributed by atoms with van der Waals surface area (Å²) in [4.78, 5) is 4.22. The molecule has 0 radical (unpaired) electrons. The fourth-order valence-corrected chi connectivity index (χ4v) is 2.97. The average molecular weight is 646 g/mol. The second-order valence-electron chi connectivity index (χ2n) is 6.96. The van der Waals surface area contributed by atoms with Crippen molar-refractivity contribution in [2.24, 2.45) is 0 Å². The fourth-order valence-electron chi connectivity index (χ4n) is 2.97. The number of pyridine rings is 1. The zero-order valence-electron chi connectivity index (χ0n) is 18.8. The molecule has 0 amide bonds. The first-order chi connectivity index (χ1) is 16.5. The summed E-state index contributed by atoms with van der Waals surface area (Å²) in [5, 5.41) is 14.5. The first-order valence-corrected chi connectivity index (χ1v) is 10.1. The van der Waals surface area contributed by atoms with Crippen LogP contribution in [0.4, 0.5) is 8.78 Å². The molecular formula is C26H19F2IrN6. The van der Waals surface area contributed by atoms with E-state index in [4.69, 9.17) is 11.8 Å². The Morgan fingerprint density at radius 1 is 0.829 bits per heavy atom. The van der Waals surface area contributed by atoms with E-state index in [1.165, 1.54) is 9.36 Å². The first-order valence-electron chi connectivity index (χ1n) is 10.1. The van der Waals surface area contributed by atoms with Crippen LogP contribution >= 0.6 is 0 Å². The fraction of sp³-hybridized carbons (Fsp3) is 0.0769. The van der Waals surface area contributed by atoms with Gasteiger partial charge in [0.25, 0.3) is 0 Å². The van der Waals surface area contributed by atoms with Crippen molar-refractivity contribution in [3.63, 3.8) is 0 Å². The second kappa shape index (κ2) is 13.0. The third-order valence-corrected chi connectivity index (χ3v) is 4.50. The van der Waals surface area contributed by atoms with Crippen LogP contribution in [0.2, 0.25) is 0 Å². The van der Waals surface area contributed by atoms with Crippen LogP contribution in [0.1, 0.15) is 11.4 Å². The SMILES string of the molecule is Cc1ccn(-c2[c-]c(-n3ccc(C)n3)c(F)cc2F)n1.[C-]#N.[Ir+3].[c-]1ccccc1-c1ccccn1. The average Bonchev–Trinajstić information content (AvgIpc) is 3.50. The molecule has 0 aliphatic rings. The molecule has 0 spiro atoms. The number of benzene rings is 2. The van der Waals surface area contributed by atoms with Crippen molar-refractivity contribution in [2.45, 2.75) is 13.8 Å². The zero-order valence-corrected chi connectivity index (χ0v) is 21.2. The molecule has 2 aromatic carbocycles. The molecule has 0 fully saturated rings. The maximum Gasteiger partial charge on any atom is 3.00 e. The summed E-state index contributed by atoms with van der Waals surface area (Å²) in [6.07, 6.45) is 4.98. The molecule has 0 saturated heterocycles. The normalized spacial score (nSPS) is 9.66. The van der Waals surface area contributed by atoms with Crippen molar-refractivity contribution in [1.29, 1.82) is 5.26 Å². The van der Waals surface area contributed by atoms with E-state index in [1.807, 2.05) is 42.5 Å². The molecule has 0 saturated carbocycles. The smallest absolute Gasteiger partial charge is 0.512 e. The van der Waals surface area contributed by atoms with Gasteiger partial charge in [-0.3, -0.25) is 18.1 Å². The Morgan fingerprint density at radius 2 is 1.40 bits per heavy atom. The van der Waals surface area contributed by atoms with E-state index in [9.17, 15) is 8.78 Å². The Labute approximate surface area is 215 Å². The van der Waals surface area contributed by atoms with E-state index < -0.39 is 11.6 Å². The van der Waals surface area contributed by atoms with Crippen LogP contribution in [0.25, 0.3) is 22.6 Å². The zero-order chi connectivity index (χ0) is 24.5. The van der Waals surface area contributed by atoms with Crippen molar-refractivity contribution in [3.05, 3.63) is 121 Å². The van der Waals surface area contributed by atoms with Gasteiger partial charge in [-0.15, -0.1) is 42.0 Å². The van der Waals surface area contributed by atoms with Crippen molar-refractivity contribution in [2.75, 3.05) is 0 Å². The van der Waals surface area contributed by atoms with E-state index in [0.29, 0.717) is 0 Å². The molecule has 5 rings (SSSR count). The van der Waals surface area contributed by atoms with Gasteiger partial charge in [0.2, 0.25) is 0 Å². The Kier molecular flexibility index (Phi) is 10.2. The van der Waals surface area contributed by atoms with Crippen LogP contribution in [0, 0.1) is 49.4 Å². The van der Waals surface area contributed by atoms with E-state index in [2.05, 4.69) is 27.3 Å². The molecule has 35 heavy (non-hydrogen) atoms. The number of hydrogen-bond donors (Lipinski definition) is 0. The number of nitrogens with zero attached hydrogens (tertiary/aromatic N) is 6. The van der Waals surface area contributed by atoms with Crippen molar-refractivity contribution < 1.29 is 28.9 Å². The minimum Gasteiger partial charge on any atom is -0.512 e. The third kappa shape index (κ3) is 7.00. The maximum atomic E-state index is 13.9. The van der Waals surface area contributed by atoms with Gasteiger partial charge in [0.1, 0.15) is 0 Å². The molecule has 176 valence electrons. The summed E-state index contributed by atoms with van der Waals surface area (Å²) >= 11 is 0. The summed E-state index contributed by atoms with van der Waals surface area (Å²) in [5.41, 5.74) is 3.60. The Hall–Kier alpha value is -3.99. The molecular weight excluding hydrogens is 627 g/mol. The van der Waals surface area contributed by atoms with Crippen molar-refractivity contribution in [1.82, 2.24) is 24.5 Å². The quantitative estimate of drug-likeness (QED) is 0.247. The number of aromatic nitrogens is 5. The van der Waals surface area contributed by atoms with E-state index in [-0.39, 0.29) is 31.5 Å². The molecule has 0 atom stereocenters. The minimum absolute atomic E-state index is 0. The van der Waals surface area contributed by atoms with Crippen LogP contribution in [0.3, 0.4) is 0 Å². The van der Waals surface area contributed by atoms with Crippen LogP contribution in [0.15, 0.2) is 79.3 Å². The first kappa shape index (κ1) is 27.3. The summed E-state index contributed by atoms with van der Waals surface area (Å²) in [5.74, 6) is -1.45. The number of hydrogen-bond acceptors (Lipinski definition) is 4. The van der Waals surface area contributed by atoms with Gasteiger partial charge in [0, 0.05) is 30.2 Å². The van der Waals surface area contributed by atoms with Gasteiger partial charge in [-0.25, -0.2) is 0 Å². The topological polar surface area (TPSA) is 72.3 Å². The molecule has 0 unspecified atom stereocenters. The standard InChI is InChI=1S/C14H11F2N4.C11H8N.CN.Ir/c1-9-3-5-19(17-9)13-8-14(12(16)7-11(13)15)20-6-4-10(2)18-20;1-2-6-10(7-3-1)11-8-4-5-9-12-11;1-2;/h3-7H,1-2H3;1-6,8-9H;;/q3*-1;+3. The van der Waals surface area contributed by atoms with Crippen LogP contribution in [-0.4, -0.2) is 24.5 Å². The van der Waals surface area contributed by atoms with Crippen molar-refractivity contribution >= 4 is 0 Å². The second-order valence-corrected chi connectivity index (χ2v) is 6.96. The molecule has 0 bridgehead atoms. The van der Waals surface area contributed by atoms with E-state index in [0.717, 1.165) is 28.7 Å². The van der Waals surface area contributed by atoms with Crippen LogP contribution in [-0.2, 0) is 20.1 Å². The summed E-state index contributed by atoms with van der Waals surface area (Å²) in [7, 11) is 0. The van der Waals surface area contributed by atoms with Gasteiger partial charge >= 0.3 is 20.1 Å². The van der Waals surface area contributed by atoms with Gasteiger partial charge in [0.15, 0.2) is 0 Å². The Balaban J connectivity index is 0.000000247. The summed E-state index contributed by atoms with van der Waals surface area (Å²) in [6.45, 7) is 8.32.